The summed E-state index contributed by atoms with van der Waals surface area (Å²) < 4.78 is 18.3. The summed E-state index contributed by atoms with van der Waals surface area (Å²) in [5.74, 6) is -0.850. The maximum absolute atomic E-state index is 13.1. The quantitative estimate of drug-likeness (QED) is 0.694. The van der Waals surface area contributed by atoms with Crippen molar-refractivity contribution in [3.8, 4) is 0 Å². The Kier molecular flexibility index (Phi) is 4.42. The molecule has 2 N–H and O–H groups in total. The van der Waals surface area contributed by atoms with Gasteiger partial charge in [0.25, 0.3) is 0 Å². The molecular weight excluding hydrogens is 271 g/mol. The van der Waals surface area contributed by atoms with Gasteiger partial charge in [0.2, 0.25) is 0 Å². The molecule has 0 amide bonds. The number of anilines is 2. The number of nitrogens with zero attached hydrogens (tertiary/aromatic N) is 1. The third-order valence-corrected chi connectivity index (χ3v) is 2.98. The third-order valence-electron chi connectivity index (χ3n) is 2.98. The van der Waals surface area contributed by atoms with E-state index in [1.807, 2.05) is 14.1 Å². The molecule has 2 rings (SSSR count). The Morgan fingerprint density at radius 3 is 2.67 bits per heavy atom. The summed E-state index contributed by atoms with van der Waals surface area (Å²) in [4.78, 5) is 14.0. The predicted octanol–water partition coefficient (Wildman–Crippen LogP) is 2.83. The molecule has 0 fully saturated rings. The van der Waals surface area contributed by atoms with Crippen LogP contribution in [0.3, 0.4) is 0 Å². The van der Waals surface area contributed by atoms with Gasteiger partial charge in [-0.25, -0.2) is 9.18 Å². The second-order valence-electron chi connectivity index (χ2n) is 4.88. The molecule has 0 aliphatic carbocycles. The molecule has 5 heteroatoms. The fourth-order valence-corrected chi connectivity index (χ4v) is 1.96. The van der Waals surface area contributed by atoms with Gasteiger partial charge in [-0.1, -0.05) is 12.1 Å². The lowest BCUT2D eigenvalue weighted by molar-refractivity contribution is 0.0473. The van der Waals surface area contributed by atoms with Crippen molar-refractivity contribution in [3.63, 3.8) is 0 Å². The minimum atomic E-state index is -0.490. The van der Waals surface area contributed by atoms with Gasteiger partial charge >= 0.3 is 5.97 Å². The van der Waals surface area contributed by atoms with Crippen LogP contribution >= 0.6 is 0 Å². The first-order valence-corrected chi connectivity index (χ1v) is 6.46. The van der Waals surface area contributed by atoms with Crippen LogP contribution in [0.5, 0.6) is 0 Å². The first-order chi connectivity index (χ1) is 9.97. The van der Waals surface area contributed by atoms with Crippen molar-refractivity contribution < 1.29 is 13.9 Å². The van der Waals surface area contributed by atoms with E-state index >= 15 is 0 Å². The number of carbonyl (C=O) groups is 1. The lowest BCUT2D eigenvalue weighted by atomic mass is 10.1. The van der Waals surface area contributed by atoms with Crippen molar-refractivity contribution in [1.82, 2.24) is 0 Å². The van der Waals surface area contributed by atoms with E-state index in [0.717, 1.165) is 0 Å². The number of ether oxygens (including phenoxy) is 1. The van der Waals surface area contributed by atoms with Crippen molar-refractivity contribution in [2.45, 2.75) is 6.61 Å². The molecule has 4 nitrogen and oxygen atoms in total. The van der Waals surface area contributed by atoms with Gasteiger partial charge in [0, 0.05) is 19.8 Å². The van der Waals surface area contributed by atoms with Gasteiger partial charge in [-0.2, -0.15) is 0 Å². The van der Waals surface area contributed by atoms with Crippen LogP contribution in [0.2, 0.25) is 0 Å². The van der Waals surface area contributed by atoms with Crippen molar-refractivity contribution >= 4 is 17.3 Å². The Hall–Kier alpha value is -2.56. The van der Waals surface area contributed by atoms with E-state index in [9.17, 15) is 9.18 Å². The second-order valence-corrected chi connectivity index (χ2v) is 4.88. The van der Waals surface area contributed by atoms with E-state index < -0.39 is 5.97 Å². The molecule has 0 bridgehead atoms. The summed E-state index contributed by atoms with van der Waals surface area (Å²) in [6.45, 7) is 0.0122. The van der Waals surface area contributed by atoms with E-state index in [0.29, 0.717) is 22.5 Å². The van der Waals surface area contributed by atoms with Crippen LogP contribution < -0.4 is 10.6 Å². The minimum Gasteiger partial charge on any atom is -0.457 e. The van der Waals surface area contributed by atoms with Crippen LogP contribution in [0.25, 0.3) is 0 Å². The largest absolute Gasteiger partial charge is 0.457 e. The van der Waals surface area contributed by atoms with Crippen molar-refractivity contribution in [2.24, 2.45) is 0 Å². The van der Waals surface area contributed by atoms with E-state index in [-0.39, 0.29) is 12.4 Å². The molecule has 0 aliphatic rings. The number of nitrogens with two attached hydrogens (primary N) is 1. The molecule has 0 saturated heterocycles. The highest BCUT2D eigenvalue weighted by molar-refractivity contribution is 5.96. The Bertz CT molecular complexity index is 656. The molecule has 2 aromatic carbocycles. The summed E-state index contributed by atoms with van der Waals surface area (Å²) in [5, 5.41) is 0. The Balaban J connectivity index is 2.15. The average molecular weight is 288 g/mol. The second kappa shape index (κ2) is 6.26. The van der Waals surface area contributed by atoms with Gasteiger partial charge in [0.15, 0.2) is 0 Å². The maximum Gasteiger partial charge on any atom is 0.340 e. The van der Waals surface area contributed by atoms with E-state index in [4.69, 9.17) is 10.5 Å². The normalized spacial score (nSPS) is 10.2. The number of hydrogen-bond acceptors (Lipinski definition) is 4. The molecule has 0 spiro atoms. The van der Waals surface area contributed by atoms with Crippen LogP contribution in [0.15, 0.2) is 42.5 Å². The molecule has 0 radical (unpaired) electrons. The number of carbonyl (C=O) groups excluding carboxylic acids is 1. The molecule has 2 aromatic rings. The van der Waals surface area contributed by atoms with Gasteiger partial charge in [0.1, 0.15) is 12.4 Å². The monoisotopic (exact) mass is 288 g/mol. The molecular formula is C16H17FN2O2. The first kappa shape index (κ1) is 14.8. The van der Waals surface area contributed by atoms with Crippen molar-refractivity contribution in [1.29, 1.82) is 0 Å². The fourth-order valence-electron chi connectivity index (χ4n) is 1.96. The number of nitrogen functional groups attached to an aromatic ring is 1. The number of esters is 1. The van der Waals surface area contributed by atoms with Gasteiger partial charge in [-0.3, -0.25) is 0 Å². The predicted molar refractivity (Wildman–Crippen MR) is 80.7 cm³/mol. The van der Waals surface area contributed by atoms with Gasteiger partial charge in [0.05, 0.1) is 11.3 Å². The Morgan fingerprint density at radius 1 is 1.24 bits per heavy atom. The molecule has 110 valence electrons. The van der Waals surface area contributed by atoms with E-state index in [2.05, 4.69) is 0 Å². The van der Waals surface area contributed by atoms with E-state index in [1.54, 1.807) is 35.2 Å². The molecule has 0 atom stereocenters. The Morgan fingerprint density at radius 2 is 2.00 bits per heavy atom. The molecule has 21 heavy (non-hydrogen) atoms. The zero-order valence-corrected chi connectivity index (χ0v) is 12.0. The van der Waals surface area contributed by atoms with Crippen molar-refractivity contribution in [3.05, 3.63) is 59.4 Å². The van der Waals surface area contributed by atoms with E-state index in [1.165, 1.54) is 12.1 Å². The smallest absolute Gasteiger partial charge is 0.340 e. The zero-order valence-electron chi connectivity index (χ0n) is 12.0. The summed E-state index contributed by atoms with van der Waals surface area (Å²) in [6, 6.07) is 11.0. The lowest BCUT2D eigenvalue weighted by Crippen LogP contribution is -2.16. The topological polar surface area (TPSA) is 55.6 Å². The summed E-state index contributed by atoms with van der Waals surface area (Å²) in [6.07, 6.45) is 0. The number of rotatable bonds is 4. The lowest BCUT2D eigenvalue weighted by Gasteiger charge is -2.17. The number of halogens is 1. The highest BCUT2D eigenvalue weighted by atomic mass is 19.1. The molecule has 0 aliphatic heterocycles. The molecule has 0 aromatic heterocycles. The number of hydrogen-bond donors (Lipinski definition) is 1. The maximum atomic E-state index is 13.1. The minimum absolute atomic E-state index is 0.0122. The van der Waals surface area contributed by atoms with Gasteiger partial charge in [-0.05, 0) is 35.9 Å². The van der Waals surface area contributed by atoms with Crippen LogP contribution in [-0.4, -0.2) is 20.1 Å². The SMILES string of the molecule is CN(C)c1ccc(N)cc1C(=O)OCc1cccc(F)c1. The summed E-state index contributed by atoms with van der Waals surface area (Å²) in [7, 11) is 3.66. The standard InChI is InChI=1S/C16H17FN2O2/c1-19(2)15-7-6-13(18)9-14(15)16(20)21-10-11-4-3-5-12(17)8-11/h3-9H,10,18H2,1-2H3. The molecule has 0 unspecified atom stereocenters. The van der Waals surface area contributed by atoms with Crippen LogP contribution in [0, 0.1) is 5.82 Å². The Labute approximate surface area is 122 Å². The number of benzene rings is 2. The van der Waals surface area contributed by atoms with Gasteiger partial charge < -0.3 is 15.4 Å². The highest BCUT2D eigenvalue weighted by Gasteiger charge is 2.15. The fraction of sp³-hybridized carbons (Fsp3) is 0.188. The van der Waals surface area contributed by atoms with Crippen LogP contribution in [0.1, 0.15) is 15.9 Å². The van der Waals surface area contributed by atoms with Crippen LogP contribution in [0.4, 0.5) is 15.8 Å². The third kappa shape index (κ3) is 3.72. The average Bonchev–Trinajstić information content (AvgIpc) is 2.44. The first-order valence-electron chi connectivity index (χ1n) is 6.46. The summed E-state index contributed by atoms with van der Waals surface area (Å²) in [5.41, 5.74) is 7.90. The molecule has 0 saturated carbocycles. The highest BCUT2D eigenvalue weighted by Crippen LogP contribution is 2.22. The van der Waals surface area contributed by atoms with Crippen molar-refractivity contribution in [2.75, 3.05) is 24.7 Å². The molecule has 0 heterocycles. The van der Waals surface area contributed by atoms with Gasteiger partial charge in [-0.15, -0.1) is 0 Å². The summed E-state index contributed by atoms with van der Waals surface area (Å²) >= 11 is 0. The zero-order chi connectivity index (χ0) is 15.4. The van der Waals surface area contributed by atoms with Crippen LogP contribution in [-0.2, 0) is 11.3 Å².